The Morgan fingerprint density at radius 3 is 2.40 bits per heavy atom. The van der Waals surface area contributed by atoms with Gasteiger partial charge in [-0.1, -0.05) is 10.6 Å². The van der Waals surface area contributed by atoms with Gasteiger partial charge < -0.3 is 4.65 Å². The second-order valence-corrected chi connectivity index (χ2v) is 2.39. The Morgan fingerprint density at radius 2 is 1.87 bits per heavy atom. The first kappa shape index (κ1) is 11.3. The highest BCUT2D eigenvalue weighted by atomic mass is 19.3. The van der Waals surface area contributed by atoms with Crippen molar-refractivity contribution in [3.8, 4) is 6.26 Å². The molecule has 1 aromatic carbocycles. The summed E-state index contributed by atoms with van der Waals surface area (Å²) in [6.45, 7) is 0. The number of nitriles is 1. The van der Waals surface area contributed by atoms with E-state index in [2.05, 4.69) is 9.51 Å². The highest BCUT2D eigenvalue weighted by Crippen LogP contribution is 2.09. The lowest BCUT2D eigenvalue weighted by molar-refractivity contribution is -0.0272. The molecule has 3 nitrogen and oxygen atoms in total. The van der Waals surface area contributed by atoms with Gasteiger partial charge in [-0.2, -0.15) is 5.26 Å². The predicted molar refractivity (Wildman–Crippen MR) is 40.6 cm³/mol. The number of rotatable bonds is 3. The van der Waals surface area contributed by atoms with Crippen LogP contribution in [0.2, 0.25) is 0 Å². The van der Waals surface area contributed by atoms with Crippen molar-refractivity contribution in [3.05, 3.63) is 29.6 Å². The fourth-order valence-electron chi connectivity index (χ4n) is 0.900. The molecule has 0 spiro atoms. The highest BCUT2D eigenvalue weighted by molar-refractivity contribution is 6.61. The third-order valence-corrected chi connectivity index (χ3v) is 1.56. The predicted octanol–water partition coefficient (Wildman–Crippen LogP) is 1.20. The van der Waals surface area contributed by atoms with Crippen molar-refractivity contribution in [2.45, 2.75) is 0 Å². The molecule has 0 aliphatic heterocycles. The lowest BCUT2D eigenvalue weighted by atomic mass is 9.79. The Balaban J connectivity index is 3.14. The summed E-state index contributed by atoms with van der Waals surface area (Å²) in [5.74, 6) is -4.91. The normalized spacial score (nSPS) is 9.53. The number of nitrogens with zero attached hydrogens (tertiary/aromatic N) is 1. The molecular formula is C7H2BF4NO2. The molecule has 0 amide bonds. The smallest absolute Gasteiger partial charge is 0.462 e. The van der Waals surface area contributed by atoms with Crippen LogP contribution < -0.4 is 5.46 Å². The molecule has 0 unspecified atom stereocenters. The molecule has 1 aromatic rings. The zero-order valence-corrected chi connectivity index (χ0v) is 7.01. The molecule has 0 saturated heterocycles. The molecule has 0 aliphatic rings. The quantitative estimate of drug-likeness (QED) is 0.332. The Bertz CT molecular complexity index is 409. The van der Waals surface area contributed by atoms with Crippen molar-refractivity contribution < 1.29 is 27.2 Å². The third kappa shape index (κ3) is 2.19. The van der Waals surface area contributed by atoms with Gasteiger partial charge in [0.05, 0.1) is 0 Å². The maximum Gasteiger partial charge on any atom is 0.610 e. The molecule has 0 aromatic heterocycles. The molecule has 0 atom stereocenters. The summed E-state index contributed by atoms with van der Waals surface area (Å²) in [5.41, 5.74) is -0.752. The molecule has 1 rings (SSSR count). The fraction of sp³-hybridized carbons (Fsp3) is 0. The summed E-state index contributed by atoms with van der Waals surface area (Å²) in [5, 5.41) is 8.03. The lowest BCUT2D eigenvalue weighted by Crippen LogP contribution is -2.36. The van der Waals surface area contributed by atoms with E-state index in [1.807, 2.05) is 0 Å². The lowest BCUT2D eigenvalue weighted by Gasteiger charge is -2.05. The first-order valence-electron chi connectivity index (χ1n) is 3.57. The Morgan fingerprint density at radius 1 is 1.20 bits per heavy atom. The van der Waals surface area contributed by atoms with Crippen LogP contribution in [0.25, 0.3) is 0 Å². The molecule has 0 fully saturated rings. The van der Waals surface area contributed by atoms with Gasteiger partial charge in [0.2, 0.25) is 0 Å². The molecule has 15 heavy (non-hydrogen) atoms. The Labute approximate surface area is 81.9 Å². The molecule has 8 heteroatoms. The van der Waals surface area contributed by atoms with E-state index in [0.717, 1.165) is 6.26 Å². The maximum atomic E-state index is 13.0. The van der Waals surface area contributed by atoms with E-state index in [1.165, 1.54) is 0 Å². The van der Waals surface area contributed by atoms with Crippen molar-refractivity contribution in [3.63, 3.8) is 0 Å². The third-order valence-electron chi connectivity index (χ3n) is 1.56. The van der Waals surface area contributed by atoms with E-state index in [0.29, 0.717) is 12.1 Å². The van der Waals surface area contributed by atoms with E-state index >= 15 is 0 Å². The van der Waals surface area contributed by atoms with Crippen LogP contribution in [0.3, 0.4) is 0 Å². The molecule has 78 valence electrons. The van der Waals surface area contributed by atoms with Crippen LogP contribution in [0.15, 0.2) is 12.1 Å². The summed E-state index contributed by atoms with van der Waals surface area (Å²) in [6, 6.07) is 1.26. The minimum Gasteiger partial charge on any atom is -0.462 e. The van der Waals surface area contributed by atoms with Crippen LogP contribution in [-0.4, -0.2) is 7.12 Å². The minimum atomic E-state index is -2.05. The minimum absolute atomic E-state index is 0.556. The molecule has 0 bridgehead atoms. The standard InChI is InChI=1S/C7H2BF4NO2/c9-5-2-1-4(6(10)7(5)11)8(15-12)14-3-13/h1-2H. The van der Waals surface area contributed by atoms with Gasteiger partial charge in [-0.3, -0.25) is 0 Å². The number of hydrogen-bond acceptors (Lipinski definition) is 3. The van der Waals surface area contributed by atoms with Crippen LogP contribution in [0.4, 0.5) is 17.7 Å². The van der Waals surface area contributed by atoms with E-state index in [1.54, 1.807) is 0 Å². The Hall–Kier alpha value is -1.75. The highest BCUT2D eigenvalue weighted by Gasteiger charge is 2.31. The monoisotopic (exact) mass is 219 g/mol. The van der Waals surface area contributed by atoms with Crippen LogP contribution >= 0.6 is 0 Å². The van der Waals surface area contributed by atoms with Crippen molar-refractivity contribution in [1.82, 2.24) is 0 Å². The largest absolute Gasteiger partial charge is 0.610 e. The van der Waals surface area contributed by atoms with Gasteiger partial charge in [-0.25, -0.2) is 18.0 Å². The number of benzene rings is 1. The maximum absolute atomic E-state index is 13.0. The van der Waals surface area contributed by atoms with Gasteiger partial charge in [-0.05, 0) is 6.07 Å². The van der Waals surface area contributed by atoms with Gasteiger partial charge in [0.15, 0.2) is 17.5 Å². The Kier molecular flexibility index (Phi) is 3.52. The molecule has 0 radical (unpaired) electrons. The van der Waals surface area contributed by atoms with Crippen molar-refractivity contribution >= 4 is 12.6 Å². The van der Waals surface area contributed by atoms with Gasteiger partial charge in [0.1, 0.15) is 0 Å². The summed E-state index contributed by atoms with van der Waals surface area (Å²) in [7, 11) is -2.05. The molecule has 0 saturated carbocycles. The first-order valence-corrected chi connectivity index (χ1v) is 3.57. The zero-order chi connectivity index (χ0) is 11.4. The van der Waals surface area contributed by atoms with Gasteiger partial charge in [0, 0.05) is 5.46 Å². The van der Waals surface area contributed by atoms with Crippen LogP contribution in [0.5, 0.6) is 0 Å². The first-order chi connectivity index (χ1) is 7.11. The van der Waals surface area contributed by atoms with E-state index in [-0.39, 0.29) is 0 Å². The topological polar surface area (TPSA) is 42.2 Å². The van der Waals surface area contributed by atoms with Gasteiger partial charge in [0.25, 0.3) is 6.26 Å². The fourth-order valence-corrected chi connectivity index (χ4v) is 0.900. The second kappa shape index (κ2) is 4.66. The zero-order valence-electron chi connectivity index (χ0n) is 7.01. The van der Waals surface area contributed by atoms with E-state index in [9.17, 15) is 17.7 Å². The van der Waals surface area contributed by atoms with Crippen LogP contribution in [-0.2, 0) is 9.51 Å². The van der Waals surface area contributed by atoms with E-state index < -0.39 is 30.0 Å². The summed E-state index contributed by atoms with van der Waals surface area (Å²) in [4.78, 5) is 3.08. The molecule has 0 N–H and O–H groups in total. The van der Waals surface area contributed by atoms with Crippen molar-refractivity contribution in [2.75, 3.05) is 0 Å². The number of hydrogen-bond donors (Lipinski definition) is 0. The van der Waals surface area contributed by atoms with Crippen LogP contribution in [0, 0.1) is 29.0 Å². The van der Waals surface area contributed by atoms with E-state index in [4.69, 9.17) is 5.26 Å². The number of halogens is 4. The molecule has 0 aliphatic carbocycles. The average Bonchev–Trinajstić information content (AvgIpc) is 2.24. The van der Waals surface area contributed by atoms with Crippen molar-refractivity contribution in [1.29, 1.82) is 5.26 Å². The average molecular weight is 219 g/mol. The molecular weight excluding hydrogens is 217 g/mol. The summed E-state index contributed by atoms with van der Waals surface area (Å²) >= 11 is 0. The summed E-state index contributed by atoms with van der Waals surface area (Å²) in [6.07, 6.45) is 1.03. The van der Waals surface area contributed by atoms with Gasteiger partial charge >= 0.3 is 7.12 Å². The molecule has 0 heterocycles. The van der Waals surface area contributed by atoms with Crippen molar-refractivity contribution in [2.24, 2.45) is 0 Å². The van der Waals surface area contributed by atoms with Gasteiger partial charge in [-0.15, -0.1) is 0 Å². The van der Waals surface area contributed by atoms with Crippen LogP contribution in [0.1, 0.15) is 0 Å². The second-order valence-electron chi connectivity index (χ2n) is 2.39. The summed E-state index contributed by atoms with van der Waals surface area (Å²) < 4.78 is 53.8. The SMILES string of the molecule is N#COB(OF)c1ccc(F)c(F)c1F.